The van der Waals surface area contributed by atoms with E-state index < -0.39 is 18.1 Å². The third-order valence-corrected chi connectivity index (χ3v) is 9.95. The van der Waals surface area contributed by atoms with Crippen molar-refractivity contribution < 1.29 is 29.7 Å². The second kappa shape index (κ2) is 20.6. The molecule has 18 nitrogen and oxygen atoms in total. The fourth-order valence-electron chi connectivity index (χ4n) is 6.67. The number of fused-ring (bicyclic) bond motifs is 3. The summed E-state index contributed by atoms with van der Waals surface area (Å²) in [4.78, 5) is 35.3. The maximum absolute atomic E-state index is 11.8. The molecule has 6 aromatic carbocycles. The molecule has 0 fully saturated rings. The van der Waals surface area contributed by atoms with Crippen molar-refractivity contribution >= 4 is 84.9 Å². The number of amides is 6. The zero-order valence-corrected chi connectivity index (χ0v) is 35.7. The van der Waals surface area contributed by atoms with Crippen molar-refractivity contribution in [2.45, 2.75) is 0 Å². The molecule has 3 aromatic heterocycles. The van der Waals surface area contributed by atoms with Crippen molar-refractivity contribution in [3.05, 3.63) is 164 Å². The SMILES string of the molecule is Cn1c(O)c(N=NC(=O)Nc2ccccc2)c2ccccc21.Cn1c(O)c(N=NC(=O)Nc2ccccc2)c2ccccc21.Cn1c(O)c(N=NC(=O)Nc2ccccc2)c2ccccc21. The predicted octanol–water partition coefficient (Wildman–Crippen LogP) is 12.6. The van der Waals surface area contributed by atoms with Gasteiger partial charge >= 0.3 is 18.1 Å². The summed E-state index contributed by atoms with van der Waals surface area (Å²) in [5.74, 6) is -0.0904. The lowest BCUT2D eigenvalue weighted by Crippen LogP contribution is -2.04. The molecule has 0 spiro atoms. The molecular formula is C48H42N12O6. The number of nitrogens with zero attached hydrogens (tertiary/aromatic N) is 9. The number of anilines is 3. The van der Waals surface area contributed by atoms with Crippen LogP contribution in [0.25, 0.3) is 32.7 Å². The summed E-state index contributed by atoms with van der Waals surface area (Å²) in [5, 5.41) is 62.8. The van der Waals surface area contributed by atoms with E-state index in [1.165, 1.54) is 0 Å². The first-order valence-corrected chi connectivity index (χ1v) is 20.1. The maximum atomic E-state index is 11.8. The molecule has 0 aliphatic heterocycles. The minimum absolute atomic E-state index is 0.0301. The van der Waals surface area contributed by atoms with Crippen LogP contribution in [0.15, 0.2) is 194 Å². The molecular weight excluding hydrogens is 841 g/mol. The predicted molar refractivity (Wildman–Crippen MR) is 254 cm³/mol. The Morgan fingerprint density at radius 2 is 0.591 bits per heavy atom. The summed E-state index contributed by atoms with van der Waals surface area (Å²) in [5.41, 5.74) is 5.19. The first-order valence-electron chi connectivity index (χ1n) is 20.1. The van der Waals surface area contributed by atoms with Gasteiger partial charge < -0.3 is 45.0 Å². The fourth-order valence-corrected chi connectivity index (χ4v) is 6.67. The molecule has 18 heteroatoms. The molecule has 0 saturated carbocycles. The first kappa shape index (κ1) is 44.6. The van der Waals surface area contributed by atoms with E-state index in [1.54, 1.807) is 71.2 Å². The average Bonchev–Trinajstić information content (AvgIpc) is 3.84. The lowest BCUT2D eigenvalue weighted by Gasteiger charge is -1.99. The summed E-state index contributed by atoms with van der Waals surface area (Å²) < 4.78 is 4.79. The summed E-state index contributed by atoms with van der Waals surface area (Å²) in [6.45, 7) is 0. The van der Waals surface area contributed by atoms with Gasteiger partial charge in [-0.3, -0.25) is 0 Å². The highest BCUT2D eigenvalue weighted by Gasteiger charge is 2.16. The van der Waals surface area contributed by atoms with Gasteiger partial charge in [-0.05, 0) is 54.6 Å². The van der Waals surface area contributed by atoms with Crippen LogP contribution in [-0.4, -0.2) is 47.1 Å². The molecule has 0 radical (unpaired) electrons. The Morgan fingerprint density at radius 1 is 0.364 bits per heavy atom. The van der Waals surface area contributed by atoms with E-state index in [0.29, 0.717) is 17.1 Å². The minimum atomic E-state index is -0.599. The minimum Gasteiger partial charge on any atom is -0.493 e. The van der Waals surface area contributed by atoms with E-state index in [-0.39, 0.29) is 34.7 Å². The molecule has 330 valence electrons. The number of para-hydroxylation sites is 6. The van der Waals surface area contributed by atoms with E-state index in [0.717, 1.165) is 32.7 Å². The van der Waals surface area contributed by atoms with Crippen molar-refractivity contribution in [2.24, 2.45) is 51.8 Å². The fraction of sp³-hybridized carbons (Fsp3) is 0.0625. The lowest BCUT2D eigenvalue weighted by atomic mass is 10.2. The number of azo groups is 3. The normalized spacial score (nSPS) is 11.1. The number of hydrogen-bond acceptors (Lipinski definition) is 9. The number of hydrogen-bond donors (Lipinski definition) is 6. The monoisotopic (exact) mass is 882 g/mol. The number of rotatable bonds is 6. The van der Waals surface area contributed by atoms with Gasteiger partial charge in [0.05, 0.1) is 16.6 Å². The first-order chi connectivity index (χ1) is 32.0. The molecule has 0 unspecified atom stereocenters. The molecule has 6 N–H and O–H groups in total. The van der Waals surface area contributed by atoms with Crippen LogP contribution in [0.3, 0.4) is 0 Å². The zero-order chi connectivity index (χ0) is 46.6. The van der Waals surface area contributed by atoms with Crippen LogP contribution in [0, 0.1) is 0 Å². The number of carbonyl (C=O) groups excluding carboxylic acids is 3. The van der Waals surface area contributed by atoms with E-state index in [1.807, 2.05) is 127 Å². The summed E-state index contributed by atoms with van der Waals surface area (Å²) in [7, 11) is 5.17. The lowest BCUT2D eigenvalue weighted by molar-refractivity contribution is 0.257. The summed E-state index contributed by atoms with van der Waals surface area (Å²) in [6.07, 6.45) is 0. The van der Waals surface area contributed by atoms with Gasteiger partial charge in [-0.2, -0.15) is 0 Å². The number of aromatic hydroxyl groups is 3. The van der Waals surface area contributed by atoms with Gasteiger partial charge in [0.15, 0.2) is 17.1 Å². The second-order valence-electron chi connectivity index (χ2n) is 14.2. The van der Waals surface area contributed by atoms with Gasteiger partial charge in [0.2, 0.25) is 17.6 Å². The molecule has 0 atom stereocenters. The van der Waals surface area contributed by atoms with Crippen LogP contribution in [0.5, 0.6) is 17.6 Å². The number of aryl methyl sites for hydroxylation is 3. The van der Waals surface area contributed by atoms with Crippen LogP contribution in [0.2, 0.25) is 0 Å². The molecule has 66 heavy (non-hydrogen) atoms. The summed E-state index contributed by atoms with van der Waals surface area (Å²) in [6, 6.07) is 47.3. The highest BCUT2D eigenvalue weighted by atomic mass is 16.3. The maximum Gasteiger partial charge on any atom is 0.364 e. The zero-order valence-electron chi connectivity index (χ0n) is 35.7. The molecule has 9 rings (SSSR count). The van der Waals surface area contributed by atoms with Gasteiger partial charge in [-0.1, -0.05) is 125 Å². The van der Waals surface area contributed by atoms with Crippen molar-refractivity contribution in [1.29, 1.82) is 0 Å². The molecule has 0 saturated heterocycles. The molecule has 3 heterocycles. The number of urea groups is 3. The Morgan fingerprint density at radius 3 is 0.848 bits per heavy atom. The van der Waals surface area contributed by atoms with E-state index >= 15 is 0 Å². The Labute approximate surface area is 376 Å². The van der Waals surface area contributed by atoms with Crippen molar-refractivity contribution in [3.8, 4) is 17.6 Å². The number of nitrogens with one attached hydrogen (secondary N) is 3. The smallest absolute Gasteiger partial charge is 0.364 e. The van der Waals surface area contributed by atoms with E-state index in [4.69, 9.17) is 0 Å². The highest BCUT2D eigenvalue weighted by molar-refractivity contribution is 5.98. The van der Waals surface area contributed by atoms with Crippen LogP contribution in [-0.2, 0) is 21.1 Å². The van der Waals surface area contributed by atoms with Crippen molar-refractivity contribution in [1.82, 2.24) is 13.7 Å². The Kier molecular flexibility index (Phi) is 13.9. The van der Waals surface area contributed by atoms with Gasteiger partial charge in [-0.25, -0.2) is 14.4 Å². The largest absolute Gasteiger partial charge is 0.493 e. The average molecular weight is 883 g/mol. The summed E-state index contributed by atoms with van der Waals surface area (Å²) >= 11 is 0. The molecule has 9 aromatic rings. The van der Waals surface area contributed by atoms with E-state index in [2.05, 4.69) is 46.6 Å². The van der Waals surface area contributed by atoms with E-state index in [9.17, 15) is 29.7 Å². The van der Waals surface area contributed by atoms with Gasteiger partial charge in [-0.15, -0.1) is 15.3 Å². The van der Waals surface area contributed by atoms with Crippen molar-refractivity contribution in [2.75, 3.05) is 16.0 Å². The van der Waals surface area contributed by atoms with Crippen LogP contribution in [0.4, 0.5) is 48.5 Å². The Balaban J connectivity index is 0.000000147. The molecule has 0 aliphatic carbocycles. The number of benzene rings is 6. The van der Waals surface area contributed by atoms with Crippen LogP contribution in [0.1, 0.15) is 0 Å². The topological polar surface area (TPSA) is 237 Å². The quantitative estimate of drug-likeness (QED) is 0.0887. The van der Waals surface area contributed by atoms with Gasteiger partial charge in [0.1, 0.15) is 0 Å². The van der Waals surface area contributed by atoms with Gasteiger partial charge in [0.25, 0.3) is 0 Å². The van der Waals surface area contributed by atoms with Gasteiger partial charge in [0, 0.05) is 54.4 Å². The highest BCUT2D eigenvalue weighted by Crippen LogP contribution is 2.40. The van der Waals surface area contributed by atoms with Crippen molar-refractivity contribution in [3.63, 3.8) is 0 Å². The second-order valence-corrected chi connectivity index (χ2v) is 14.2. The Hall–Kier alpha value is -9.45. The Bertz CT molecular complexity index is 2910. The standard InChI is InChI=1S/3C16H14N4O2/c3*1-20-13-10-6-5-9-12(13)14(15(20)21)18-19-16(22)17-11-7-3-2-4-8-11/h3*2-10,21H,1H3,(H,17,22). The third-order valence-electron chi connectivity index (χ3n) is 9.95. The third kappa shape index (κ3) is 10.4. The molecule has 0 bridgehead atoms. The molecule has 6 amide bonds. The van der Waals surface area contributed by atoms with Crippen LogP contribution >= 0.6 is 0 Å². The number of aromatic nitrogens is 3. The number of carbonyl (C=O) groups is 3. The molecule has 0 aliphatic rings. The van der Waals surface area contributed by atoms with Crippen LogP contribution < -0.4 is 16.0 Å².